The summed E-state index contributed by atoms with van der Waals surface area (Å²) in [5.41, 5.74) is 7.16. The Bertz CT molecular complexity index is 394. The van der Waals surface area contributed by atoms with E-state index < -0.39 is 0 Å². The first kappa shape index (κ1) is 14.5. The van der Waals surface area contributed by atoms with Crippen molar-refractivity contribution < 1.29 is 0 Å². The monoisotopic (exact) mass is 260 g/mol. The number of hydrogen-bond acceptors (Lipinski definition) is 2. The van der Waals surface area contributed by atoms with Crippen LogP contribution < -0.4 is 11.3 Å². The van der Waals surface area contributed by atoms with Crippen molar-refractivity contribution in [3.63, 3.8) is 0 Å². The average Bonchev–Trinajstić information content (AvgIpc) is 2.92. The lowest BCUT2D eigenvalue weighted by atomic mass is 9.94. The van der Waals surface area contributed by atoms with E-state index in [1.54, 1.807) is 0 Å². The van der Waals surface area contributed by atoms with Gasteiger partial charge in [0.25, 0.3) is 0 Å². The van der Waals surface area contributed by atoms with Crippen LogP contribution in [0.3, 0.4) is 0 Å². The molecule has 1 aliphatic carbocycles. The van der Waals surface area contributed by atoms with E-state index in [-0.39, 0.29) is 0 Å². The fourth-order valence-electron chi connectivity index (χ4n) is 3.20. The van der Waals surface area contributed by atoms with E-state index in [1.165, 1.54) is 55.2 Å². The maximum absolute atomic E-state index is 5.72. The van der Waals surface area contributed by atoms with Crippen LogP contribution in [0.15, 0.2) is 18.2 Å². The Balaban J connectivity index is 1.85. The molecule has 1 aromatic rings. The van der Waals surface area contributed by atoms with Crippen LogP contribution in [-0.4, -0.2) is 6.04 Å². The first-order valence-electron chi connectivity index (χ1n) is 7.71. The molecule has 3 N–H and O–H groups in total. The number of rotatable bonds is 6. The minimum absolute atomic E-state index is 0.419. The van der Waals surface area contributed by atoms with E-state index >= 15 is 0 Å². The van der Waals surface area contributed by atoms with Crippen molar-refractivity contribution in [3.05, 3.63) is 34.9 Å². The lowest BCUT2D eigenvalue weighted by Crippen LogP contribution is -2.37. The molecule has 0 amide bonds. The highest BCUT2D eigenvalue weighted by atomic mass is 15.2. The summed E-state index contributed by atoms with van der Waals surface area (Å²) in [6.07, 6.45) is 9.31. The number of hydrazine groups is 1. The van der Waals surface area contributed by atoms with Gasteiger partial charge in [0.2, 0.25) is 0 Å². The number of benzene rings is 1. The van der Waals surface area contributed by atoms with Gasteiger partial charge in [0, 0.05) is 6.04 Å². The number of aryl methyl sites for hydroxylation is 2. The third-order valence-electron chi connectivity index (χ3n) is 4.69. The number of nitrogens with one attached hydrogen (secondary N) is 1. The van der Waals surface area contributed by atoms with Gasteiger partial charge in [-0.15, -0.1) is 0 Å². The van der Waals surface area contributed by atoms with Crippen molar-refractivity contribution in [1.82, 2.24) is 5.43 Å². The molecule has 1 aromatic carbocycles. The van der Waals surface area contributed by atoms with Gasteiger partial charge >= 0.3 is 0 Å². The Labute approximate surface area is 117 Å². The van der Waals surface area contributed by atoms with E-state index in [0.29, 0.717) is 6.04 Å². The third-order valence-corrected chi connectivity index (χ3v) is 4.69. The molecule has 0 heterocycles. The normalized spacial score (nSPS) is 17.8. The minimum Gasteiger partial charge on any atom is -0.271 e. The Kier molecular flexibility index (Phi) is 5.41. The lowest BCUT2D eigenvalue weighted by Gasteiger charge is -2.18. The number of hydrogen-bond donors (Lipinski definition) is 2. The van der Waals surface area contributed by atoms with Crippen molar-refractivity contribution in [1.29, 1.82) is 0 Å². The van der Waals surface area contributed by atoms with Gasteiger partial charge in [-0.25, -0.2) is 0 Å². The van der Waals surface area contributed by atoms with Crippen LogP contribution in [0.25, 0.3) is 0 Å². The smallest absolute Gasteiger partial charge is 0.0251 e. The average molecular weight is 260 g/mol. The molecule has 1 fully saturated rings. The van der Waals surface area contributed by atoms with Crippen LogP contribution in [0, 0.1) is 19.8 Å². The summed E-state index contributed by atoms with van der Waals surface area (Å²) < 4.78 is 0. The van der Waals surface area contributed by atoms with Gasteiger partial charge in [-0.3, -0.25) is 11.3 Å². The summed E-state index contributed by atoms with van der Waals surface area (Å²) in [7, 11) is 0. The molecule has 0 bridgehead atoms. The summed E-state index contributed by atoms with van der Waals surface area (Å²) in [6, 6.07) is 7.18. The molecule has 2 heteroatoms. The summed E-state index contributed by atoms with van der Waals surface area (Å²) in [5, 5.41) is 0. The van der Waals surface area contributed by atoms with Crippen LogP contribution in [0.2, 0.25) is 0 Å². The molecule has 0 aromatic heterocycles. The third kappa shape index (κ3) is 4.32. The second-order valence-electron chi connectivity index (χ2n) is 6.21. The fraction of sp³-hybridized carbons (Fsp3) is 0.647. The summed E-state index contributed by atoms with van der Waals surface area (Å²) in [6.45, 7) is 4.35. The Hall–Kier alpha value is -0.860. The molecule has 1 unspecified atom stereocenters. The Morgan fingerprint density at radius 2 is 1.95 bits per heavy atom. The summed E-state index contributed by atoms with van der Waals surface area (Å²) in [4.78, 5) is 0. The molecule has 0 aliphatic heterocycles. The molecule has 1 atom stereocenters. The minimum atomic E-state index is 0.419. The van der Waals surface area contributed by atoms with Crippen LogP contribution in [0.1, 0.15) is 55.2 Å². The van der Waals surface area contributed by atoms with Gasteiger partial charge in [0.1, 0.15) is 0 Å². The topological polar surface area (TPSA) is 38.0 Å². The van der Waals surface area contributed by atoms with Gasteiger partial charge in [-0.2, -0.15) is 0 Å². The second kappa shape index (κ2) is 7.06. The van der Waals surface area contributed by atoms with Crippen molar-refractivity contribution in [2.45, 2.75) is 64.8 Å². The van der Waals surface area contributed by atoms with Gasteiger partial charge in [0.15, 0.2) is 0 Å². The molecular weight excluding hydrogens is 232 g/mol. The van der Waals surface area contributed by atoms with Crippen molar-refractivity contribution in [2.75, 3.05) is 0 Å². The first-order valence-corrected chi connectivity index (χ1v) is 7.71. The van der Waals surface area contributed by atoms with E-state index in [9.17, 15) is 0 Å². The second-order valence-corrected chi connectivity index (χ2v) is 6.21. The molecule has 0 saturated heterocycles. The van der Waals surface area contributed by atoms with Crippen LogP contribution in [0.5, 0.6) is 0 Å². The van der Waals surface area contributed by atoms with Gasteiger partial charge in [-0.1, -0.05) is 43.9 Å². The highest BCUT2D eigenvalue weighted by Crippen LogP contribution is 2.29. The molecule has 2 rings (SSSR count). The number of nitrogens with two attached hydrogens (primary N) is 1. The van der Waals surface area contributed by atoms with E-state index in [4.69, 9.17) is 5.84 Å². The lowest BCUT2D eigenvalue weighted by molar-refractivity contribution is 0.407. The van der Waals surface area contributed by atoms with Crippen LogP contribution in [0.4, 0.5) is 0 Å². The Morgan fingerprint density at radius 1 is 1.21 bits per heavy atom. The maximum atomic E-state index is 5.72. The highest BCUT2D eigenvalue weighted by molar-refractivity contribution is 5.30. The molecule has 2 nitrogen and oxygen atoms in total. The van der Waals surface area contributed by atoms with Crippen molar-refractivity contribution >= 4 is 0 Å². The zero-order valence-corrected chi connectivity index (χ0v) is 12.4. The van der Waals surface area contributed by atoms with E-state index in [2.05, 4.69) is 37.5 Å². The zero-order valence-electron chi connectivity index (χ0n) is 12.4. The summed E-state index contributed by atoms with van der Waals surface area (Å²) >= 11 is 0. The maximum Gasteiger partial charge on any atom is 0.0251 e. The van der Waals surface area contributed by atoms with E-state index in [1.807, 2.05) is 0 Å². The molecule has 106 valence electrons. The van der Waals surface area contributed by atoms with Gasteiger partial charge in [-0.05, 0) is 55.7 Å². The standard InChI is InChI=1S/C17H28N2/c1-13-7-8-16(11-14(13)2)12-17(19-18)10-9-15-5-3-4-6-15/h7-8,11,15,17,19H,3-6,9-10,12,18H2,1-2H3. The van der Waals surface area contributed by atoms with E-state index in [0.717, 1.165) is 12.3 Å². The Morgan fingerprint density at radius 3 is 2.58 bits per heavy atom. The molecule has 0 radical (unpaired) electrons. The molecule has 1 saturated carbocycles. The fourth-order valence-corrected chi connectivity index (χ4v) is 3.20. The summed E-state index contributed by atoms with van der Waals surface area (Å²) in [5.74, 6) is 6.68. The largest absolute Gasteiger partial charge is 0.271 e. The van der Waals surface area contributed by atoms with Gasteiger partial charge < -0.3 is 0 Å². The van der Waals surface area contributed by atoms with Crippen molar-refractivity contribution in [3.8, 4) is 0 Å². The van der Waals surface area contributed by atoms with Gasteiger partial charge in [0.05, 0.1) is 0 Å². The van der Waals surface area contributed by atoms with Crippen LogP contribution in [-0.2, 0) is 6.42 Å². The predicted molar refractivity (Wildman–Crippen MR) is 81.9 cm³/mol. The quantitative estimate of drug-likeness (QED) is 0.605. The molecular formula is C17H28N2. The predicted octanol–water partition coefficient (Wildman–Crippen LogP) is 3.65. The zero-order chi connectivity index (χ0) is 13.7. The first-order chi connectivity index (χ1) is 9.19. The SMILES string of the molecule is Cc1ccc(CC(CCC2CCCC2)NN)cc1C. The van der Waals surface area contributed by atoms with Crippen LogP contribution >= 0.6 is 0 Å². The molecule has 19 heavy (non-hydrogen) atoms. The molecule has 1 aliphatic rings. The van der Waals surface area contributed by atoms with Crippen molar-refractivity contribution in [2.24, 2.45) is 11.8 Å². The highest BCUT2D eigenvalue weighted by Gasteiger charge is 2.17. The molecule has 0 spiro atoms.